The first-order chi connectivity index (χ1) is 9.78. The zero-order chi connectivity index (χ0) is 13.9. The zero-order valence-corrected chi connectivity index (χ0v) is 11.9. The average molecular weight is 279 g/mol. The quantitative estimate of drug-likeness (QED) is 0.776. The molecule has 2 aliphatic rings. The third-order valence-corrected chi connectivity index (χ3v) is 3.80. The number of carbonyl (C=O) groups is 1. The highest BCUT2D eigenvalue weighted by molar-refractivity contribution is 5.87. The summed E-state index contributed by atoms with van der Waals surface area (Å²) in [6.07, 6.45) is 6.34. The SMILES string of the molecule is CCOC(=O)c1oc(CC2CCCCO2)nc1C1CC1. The fraction of sp³-hybridized carbons (Fsp3) is 0.733. The smallest absolute Gasteiger partial charge is 0.376 e. The van der Waals surface area contributed by atoms with Gasteiger partial charge in [-0.15, -0.1) is 0 Å². The highest BCUT2D eigenvalue weighted by atomic mass is 16.5. The fourth-order valence-corrected chi connectivity index (χ4v) is 2.60. The number of ether oxygens (including phenoxy) is 2. The highest BCUT2D eigenvalue weighted by Gasteiger charge is 2.34. The molecule has 1 aromatic heterocycles. The van der Waals surface area contributed by atoms with E-state index in [2.05, 4.69) is 4.98 Å². The van der Waals surface area contributed by atoms with E-state index in [9.17, 15) is 4.79 Å². The second kappa shape index (κ2) is 5.95. The summed E-state index contributed by atoms with van der Waals surface area (Å²) in [7, 11) is 0. The van der Waals surface area contributed by atoms with Crippen LogP contribution in [0.15, 0.2) is 4.42 Å². The maximum atomic E-state index is 11.9. The van der Waals surface area contributed by atoms with Gasteiger partial charge < -0.3 is 13.9 Å². The van der Waals surface area contributed by atoms with Crippen LogP contribution in [0.1, 0.15) is 67.1 Å². The van der Waals surface area contributed by atoms with Gasteiger partial charge in [0.2, 0.25) is 5.76 Å². The fourth-order valence-electron chi connectivity index (χ4n) is 2.60. The Morgan fingerprint density at radius 1 is 1.35 bits per heavy atom. The topological polar surface area (TPSA) is 61.6 Å². The Morgan fingerprint density at radius 2 is 2.20 bits per heavy atom. The lowest BCUT2D eigenvalue weighted by Gasteiger charge is -2.20. The molecule has 110 valence electrons. The molecule has 5 heteroatoms. The largest absolute Gasteiger partial charge is 0.460 e. The molecule has 20 heavy (non-hydrogen) atoms. The molecule has 5 nitrogen and oxygen atoms in total. The van der Waals surface area contributed by atoms with E-state index in [-0.39, 0.29) is 6.10 Å². The van der Waals surface area contributed by atoms with Crippen molar-refractivity contribution in [3.8, 4) is 0 Å². The number of aromatic nitrogens is 1. The lowest BCUT2D eigenvalue weighted by molar-refractivity contribution is 0.0127. The molecule has 3 rings (SSSR count). The highest BCUT2D eigenvalue weighted by Crippen LogP contribution is 2.41. The summed E-state index contributed by atoms with van der Waals surface area (Å²) in [6, 6.07) is 0. The minimum absolute atomic E-state index is 0.171. The summed E-state index contributed by atoms with van der Waals surface area (Å²) in [5.74, 6) is 0.902. The third-order valence-electron chi connectivity index (χ3n) is 3.80. The Kier molecular flexibility index (Phi) is 4.05. The molecule has 1 saturated carbocycles. The third kappa shape index (κ3) is 3.03. The summed E-state index contributed by atoms with van der Waals surface area (Å²) < 4.78 is 16.4. The second-order valence-corrected chi connectivity index (χ2v) is 5.51. The molecule has 2 heterocycles. The zero-order valence-electron chi connectivity index (χ0n) is 11.9. The summed E-state index contributed by atoms with van der Waals surface area (Å²) >= 11 is 0. The van der Waals surface area contributed by atoms with Crippen molar-refractivity contribution in [3.63, 3.8) is 0 Å². The Bertz CT molecular complexity index is 472. The molecule has 0 amide bonds. The number of carbonyl (C=O) groups excluding carboxylic acids is 1. The Morgan fingerprint density at radius 3 is 2.85 bits per heavy atom. The average Bonchev–Trinajstić information content (AvgIpc) is 3.22. The van der Waals surface area contributed by atoms with E-state index >= 15 is 0 Å². The predicted molar refractivity (Wildman–Crippen MR) is 71.7 cm³/mol. The van der Waals surface area contributed by atoms with Gasteiger partial charge in [-0.05, 0) is 39.0 Å². The van der Waals surface area contributed by atoms with Crippen LogP contribution in [0.3, 0.4) is 0 Å². The van der Waals surface area contributed by atoms with Crippen LogP contribution in [0, 0.1) is 0 Å². The van der Waals surface area contributed by atoms with Crippen molar-refractivity contribution in [2.75, 3.05) is 13.2 Å². The summed E-state index contributed by atoms with van der Waals surface area (Å²) in [5, 5.41) is 0. The number of nitrogens with zero attached hydrogens (tertiary/aromatic N) is 1. The van der Waals surface area contributed by atoms with Crippen LogP contribution in [-0.4, -0.2) is 30.3 Å². The summed E-state index contributed by atoms with van der Waals surface area (Å²) in [5.41, 5.74) is 0.786. The van der Waals surface area contributed by atoms with E-state index in [0.29, 0.717) is 30.6 Å². The van der Waals surface area contributed by atoms with Gasteiger partial charge in [0.15, 0.2) is 5.89 Å². The van der Waals surface area contributed by atoms with Crippen LogP contribution < -0.4 is 0 Å². The van der Waals surface area contributed by atoms with Crippen LogP contribution >= 0.6 is 0 Å². The van der Waals surface area contributed by atoms with Crippen molar-refractivity contribution in [3.05, 3.63) is 17.3 Å². The number of rotatable bonds is 5. The van der Waals surface area contributed by atoms with Crippen molar-refractivity contribution in [1.29, 1.82) is 0 Å². The maximum absolute atomic E-state index is 11.9. The Labute approximate surface area is 118 Å². The molecule has 1 aliphatic heterocycles. The first-order valence-electron chi connectivity index (χ1n) is 7.56. The van der Waals surface area contributed by atoms with E-state index in [0.717, 1.165) is 38.0 Å². The van der Waals surface area contributed by atoms with Gasteiger partial charge in [0.25, 0.3) is 0 Å². The van der Waals surface area contributed by atoms with Crippen molar-refractivity contribution in [2.45, 2.75) is 57.5 Å². The molecule has 1 atom stereocenters. The standard InChI is InChI=1S/C15H21NO4/c1-2-18-15(17)14-13(10-6-7-10)16-12(20-14)9-11-5-3-4-8-19-11/h10-11H,2-9H2,1H3. The lowest BCUT2D eigenvalue weighted by Crippen LogP contribution is -2.21. The monoisotopic (exact) mass is 279 g/mol. The van der Waals surface area contributed by atoms with Crippen LogP contribution in [0.4, 0.5) is 0 Å². The number of hydrogen-bond acceptors (Lipinski definition) is 5. The molecule has 0 N–H and O–H groups in total. The first-order valence-corrected chi connectivity index (χ1v) is 7.56. The van der Waals surface area contributed by atoms with Crippen molar-refractivity contribution < 1.29 is 18.7 Å². The second-order valence-electron chi connectivity index (χ2n) is 5.51. The molecule has 1 aliphatic carbocycles. The van der Waals surface area contributed by atoms with Gasteiger partial charge in [-0.25, -0.2) is 9.78 Å². The predicted octanol–water partition coefficient (Wildman–Crippen LogP) is 2.84. The Hall–Kier alpha value is -1.36. The molecule has 0 spiro atoms. The number of oxazole rings is 1. The van der Waals surface area contributed by atoms with Gasteiger partial charge in [0.05, 0.1) is 24.8 Å². The molecule has 1 saturated heterocycles. The molecule has 1 aromatic rings. The van der Waals surface area contributed by atoms with E-state index in [1.165, 1.54) is 6.42 Å². The lowest BCUT2D eigenvalue weighted by atomic mass is 10.1. The van der Waals surface area contributed by atoms with Gasteiger partial charge in [-0.1, -0.05) is 0 Å². The van der Waals surface area contributed by atoms with E-state index in [4.69, 9.17) is 13.9 Å². The van der Waals surface area contributed by atoms with E-state index < -0.39 is 5.97 Å². The minimum atomic E-state index is -0.391. The molecule has 2 fully saturated rings. The van der Waals surface area contributed by atoms with Crippen LogP contribution in [0.25, 0.3) is 0 Å². The Balaban J connectivity index is 1.74. The van der Waals surface area contributed by atoms with Crippen LogP contribution in [0.2, 0.25) is 0 Å². The van der Waals surface area contributed by atoms with Gasteiger partial charge >= 0.3 is 5.97 Å². The normalized spacial score (nSPS) is 22.8. The molecule has 1 unspecified atom stereocenters. The van der Waals surface area contributed by atoms with Gasteiger partial charge in [-0.3, -0.25) is 0 Å². The van der Waals surface area contributed by atoms with Crippen LogP contribution in [0.5, 0.6) is 0 Å². The molecule has 0 bridgehead atoms. The van der Waals surface area contributed by atoms with Crippen molar-refractivity contribution >= 4 is 5.97 Å². The van der Waals surface area contributed by atoms with Crippen LogP contribution in [-0.2, 0) is 15.9 Å². The first kappa shape index (κ1) is 13.6. The molecular weight excluding hydrogens is 258 g/mol. The number of hydrogen-bond donors (Lipinski definition) is 0. The minimum Gasteiger partial charge on any atom is -0.460 e. The van der Waals surface area contributed by atoms with E-state index in [1.54, 1.807) is 6.92 Å². The van der Waals surface area contributed by atoms with E-state index in [1.807, 2.05) is 0 Å². The van der Waals surface area contributed by atoms with Crippen molar-refractivity contribution in [2.24, 2.45) is 0 Å². The summed E-state index contributed by atoms with van der Waals surface area (Å²) in [6.45, 7) is 2.96. The molecule has 0 aromatic carbocycles. The van der Waals surface area contributed by atoms with Gasteiger partial charge in [-0.2, -0.15) is 0 Å². The van der Waals surface area contributed by atoms with Gasteiger partial charge in [0, 0.05) is 12.5 Å². The summed E-state index contributed by atoms with van der Waals surface area (Å²) in [4.78, 5) is 16.4. The molecule has 0 radical (unpaired) electrons. The van der Waals surface area contributed by atoms with Gasteiger partial charge in [0.1, 0.15) is 0 Å². The molecular formula is C15H21NO4. The van der Waals surface area contributed by atoms with Crippen molar-refractivity contribution in [1.82, 2.24) is 4.98 Å². The number of esters is 1. The maximum Gasteiger partial charge on any atom is 0.376 e.